The Kier molecular flexibility index (Phi) is 11.5. The lowest BCUT2D eigenvalue weighted by Gasteiger charge is -2.28. The Bertz CT molecular complexity index is 1180. The summed E-state index contributed by atoms with van der Waals surface area (Å²) in [5.74, 6) is -4.72. The van der Waals surface area contributed by atoms with Gasteiger partial charge in [0.1, 0.15) is 18.1 Å². The summed E-state index contributed by atoms with van der Waals surface area (Å²) in [7, 11) is 0. The number of para-hydroxylation sites is 1. The average molecular weight is 545 g/mol. The Hall–Kier alpha value is -3.93. The number of carbonyl (C=O) groups excluding carboxylic acids is 4. The normalized spacial score (nSPS) is 15.8. The molecule has 0 spiro atoms. The van der Waals surface area contributed by atoms with Crippen molar-refractivity contribution in [2.45, 2.75) is 77.5 Å². The summed E-state index contributed by atoms with van der Waals surface area (Å²) in [5.41, 5.74) is 12.8. The number of primary amides is 1. The Morgan fingerprint density at radius 1 is 0.897 bits per heavy atom. The lowest BCUT2D eigenvalue weighted by atomic mass is 9.95. The maximum atomic E-state index is 13.2. The van der Waals surface area contributed by atoms with E-state index in [0.717, 1.165) is 10.9 Å². The van der Waals surface area contributed by atoms with Crippen LogP contribution >= 0.6 is 0 Å². The topological polar surface area (TPSA) is 209 Å². The molecule has 0 radical (unpaired) electrons. The second-order valence-electron chi connectivity index (χ2n) is 9.98. The Labute approximate surface area is 227 Å². The van der Waals surface area contributed by atoms with Gasteiger partial charge in [-0.1, -0.05) is 58.7 Å². The number of carboxylic acid groups (broad SMARTS) is 1. The van der Waals surface area contributed by atoms with Crippen LogP contribution in [0.15, 0.2) is 30.5 Å². The monoisotopic (exact) mass is 544 g/mol. The molecule has 2 rings (SSSR count). The largest absolute Gasteiger partial charge is 0.480 e. The number of hydrogen-bond donors (Lipinski definition) is 7. The first-order chi connectivity index (χ1) is 18.4. The molecule has 214 valence electrons. The van der Waals surface area contributed by atoms with Crippen molar-refractivity contribution in [3.63, 3.8) is 0 Å². The van der Waals surface area contributed by atoms with Gasteiger partial charge in [0.25, 0.3) is 0 Å². The maximum Gasteiger partial charge on any atom is 0.326 e. The van der Waals surface area contributed by atoms with E-state index in [2.05, 4.69) is 20.9 Å². The fourth-order valence-electron chi connectivity index (χ4n) is 4.13. The molecule has 0 aliphatic heterocycles. The quantitative estimate of drug-likeness (QED) is 0.169. The molecule has 0 fully saturated rings. The molecule has 12 nitrogen and oxygen atoms in total. The molecule has 0 saturated carbocycles. The lowest BCUT2D eigenvalue weighted by Crippen LogP contribution is -2.59. The number of hydrogen-bond acceptors (Lipinski definition) is 6. The van der Waals surface area contributed by atoms with Gasteiger partial charge in [-0.15, -0.1) is 0 Å². The number of aliphatic carboxylic acids is 1. The molecule has 1 aromatic heterocycles. The van der Waals surface area contributed by atoms with Crippen LogP contribution in [0.5, 0.6) is 0 Å². The van der Waals surface area contributed by atoms with Crippen molar-refractivity contribution >= 4 is 40.5 Å². The molecule has 39 heavy (non-hydrogen) atoms. The molecule has 2 aromatic rings. The first-order valence-corrected chi connectivity index (χ1v) is 13.1. The van der Waals surface area contributed by atoms with Crippen molar-refractivity contribution in [2.75, 3.05) is 0 Å². The first-order valence-electron chi connectivity index (χ1n) is 13.1. The highest BCUT2D eigenvalue weighted by molar-refractivity contribution is 5.96. The van der Waals surface area contributed by atoms with Gasteiger partial charge in [-0.2, -0.15) is 0 Å². The second kappa shape index (κ2) is 14.3. The summed E-state index contributed by atoms with van der Waals surface area (Å²) in [6.45, 7) is 7.31. The van der Waals surface area contributed by atoms with E-state index in [-0.39, 0.29) is 18.3 Å². The van der Waals surface area contributed by atoms with E-state index in [9.17, 15) is 29.1 Å². The fourth-order valence-corrected chi connectivity index (χ4v) is 4.13. The summed E-state index contributed by atoms with van der Waals surface area (Å²) < 4.78 is 0. The number of carbonyl (C=O) groups is 5. The number of amides is 4. The number of nitrogens with one attached hydrogen (secondary N) is 4. The number of aromatic amines is 1. The van der Waals surface area contributed by atoms with Crippen LogP contribution in [0.25, 0.3) is 10.9 Å². The van der Waals surface area contributed by atoms with E-state index < -0.39 is 60.2 Å². The summed E-state index contributed by atoms with van der Waals surface area (Å²) in [4.78, 5) is 65.9. The zero-order chi connectivity index (χ0) is 29.3. The molecule has 0 bridgehead atoms. The standard InChI is InChI=1S/C27H40N6O6/c1-5-14(3)22(29)25(36)33-23(15(4)6-2)26(37)31-19(12-21(28)34)24(35)32-20(27(38)39)11-16-13-30-18-10-8-7-9-17(16)18/h7-10,13-15,19-20,22-23,30H,5-6,11-12,29H2,1-4H3,(H2,28,34)(H,31,37)(H,32,35)(H,33,36)(H,38,39). The van der Waals surface area contributed by atoms with Gasteiger partial charge in [0.15, 0.2) is 0 Å². The van der Waals surface area contributed by atoms with E-state index in [4.69, 9.17) is 11.5 Å². The van der Waals surface area contributed by atoms with Crippen molar-refractivity contribution in [3.8, 4) is 0 Å². The molecule has 9 N–H and O–H groups in total. The fraction of sp³-hybridized carbons (Fsp3) is 0.519. The molecule has 12 heteroatoms. The number of carboxylic acids is 1. The minimum Gasteiger partial charge on any atom is -0.480 e. The van der Waals surface area contributed by atoms with Crippen molar-refractivity contribution in [1.29, 1.82) is 0 Å². The summed E-state index contributed by atoms with van der Waals surface area (Å²) in [6, 6.07) is 2.65. The Morgan fingerprint density at radius 2 is 1.51 bits per heavy atom. The van der Waals surface area contributed by atoms with Gasteiger partial charge in [-0.3, -0.25) is 19.2 Å². The zero-order valence-corrected chi connectivity index (χ0v) is 22.8. The summed E-state index contributed by atoms with van der Waals surface area (Å²) in [5, 5.41) is 18.1. The zero-order valence-electron chi connectivity index (χ0n) is 22.8. The van der Waals surface area contributed by atoms with Gasteiger partial charge in [0.2, 0.25) is 23.6 Å². The third kappa shape index (κ3) is 8.54. The number of H-pyrrole nitrogens is 1. The smallest absolute Gasteiger partial charge is 0.326 e. The Morgan fingerprint density at radius 3 is 2.10 bits per heavy atom. The van der Waals surface area contributed by atoms with Crippen LogP contribution in [0.3, 0.4) is 0 Å². The third-order valence-corrected chi connectivity index (χ3v) is 7.10. The summed E-state index contributed by atoms with van der Waals surface area (Å²) in [6.07, 6.45) is 2.25. The number of nitrogens with two attached hydrogens (primary N) is 2. The number of benzene rings is 1. The van der Waals surface area contributed by atoms with Gasteiger partial charge in [-0.05, 0) is 23.5 Å². The van der Waals surface area contributed by atoms with Crippen molar-refractivity contribution in [1.82, 2.24) is 20.9 Å². The predicted molar refractivity (Wildman–Crippen MR) is 146 cm³/mol. The van der Waals surface area contributed by atoms with Crippen LogP contribution in [-0.2, 0) is 30.4 Å². The molecule has 0 aliphatic carbocycles. The molecule has 4 amide bonds. The highest BCUT2D eigenvalue weighted by atomic mass is 16.4. The van der Waals surface area contributed by atoms with E-state index in [1.165, 1.54) is 0 Å². The van der Waals surface area contributed by atoms with Gasteiger partial charge in [0, 0.05) is 23.5 Å². The van der Waals surface area contributed by atoms with Crippen LogP contribution in [0.2, 0.25) is 0 Å². The van der Waals surface area contributed by atoms with Crippen LogP contribution in [-0.4, -0.2) is 63.9 Å². The predicted octanol–water partition coefficient (Wildman–Crippen LogP) is 0.544. The van der Waals surface area contributed by atoms with Crippen LogP contribution in [0.4, 0.5) is 0 Å². The van der Waals surface area contributed by atoms with Gasteiger partial charge in [-0.25, -0.2) is 4.79 Å². The molecule has 0 saturated heterocycles. The highest BCUT2D eigenvalue weighted by Gasteiger charge is 2.34. The maximum absolute atomic E-state index is 13.2. The van der Waals surface area contributed by atoms with Gasteiger partial charge in [0.05, 0.1) is 12.5 Å². The molecule has 6 atom stereocenters. The van der Waals surface area contributed by atoms with E-state index in [1.54, 1.807) is 13.1 Å². The molecular weight excluding hydrogens is 504 g/mol. The molecular formula is C27H40N6O6. The summed E-state index contributed by atoms with van der Waals surface area (Å²) >= 11 is 0. The van der Waals surface area contributed by atoms with E-state index in [1.807, 2.05) is 45.0 Å². The Balaban J connectivity index is 2.21. The van der Waals surface area contributed by atoms with Crippen molar-refractivity contribution < 1.29 is 29.1 Å². The van der Waals surface area contributed by atoms with Crippen LogP contribution in [0.1, 0.15) is 52.5 Å². The second-order valence-corrected chi connectivity index (χ2v) is 9.98. The third-order valence-electron chi connectivity index (χ3n) is 7.10. The number of fused-ring (bicyclic) bond motifs is 1. The number of rotatable bonds is 15. The van der Waals surface area contributed by atoms with E-state index >= 15 is 0 Å². The average Bonchev–Trinajstić information content (AvgIpc) is 3.31. The first kappa shape index (κ1) is 31.3. The van der Waals surface area contributed by atoms with Gasteiger partial charge >= 0.3 is 5.97 Å². The van der Waals surface area contributed by atoms with Crippen molar-refractivity contribution in [2.24, 2.45) is 23.3 Å². The highest BCUT2D eigenvalue weighted by Crippen LogP contribution is 2.19. The van der Waals surface area contributed by atoms with Crippen LogP contribution in [0, 0.1) is 11.8 Å². The minimum atomic E-state index is -1.45. The molecule has 1 aromatic carbocycles. The SMILES string of the molecule is CCC(C)C(N)C(=O)NC(C(=O)NC(CC(N)=O)C(=O)NC(Cc1c[nH]c2ccccc12)C(=O)O)C(C)CC. The van der Waals surface area contributed by atoms with Gasteiger partial charge < -0.3 is 37.5 Å². The van der Waals surface area contributed by atoms with Crippen LogP contribution < -0.4 is 27.4 Å². The molecule has 0 aliphatic rings. The molecule has 6 unspecified atom stereocenters. The molecule has 1 heterocycles. The lowest BCUT2D eigenvalue weighted by molar-refractivity contribution is -0.142. The van der Waals surface area contributed by atoms with Crippen molar-refractivity contribution in [3.05, 3.63) is 36.0 Å². The minimum absolute atomic E-state index is 0.0403. The number of aromatic nitrogens is 1. The van der Waals surface area contributed by atoms with E-state index in [0.29, 0.717) is 18.4 Å².